The molecule has 0 unspecified atom stereocenters. The van der Waals surface area contributed by atoms with Crippen molar-refractivity contribution in [2.24, 2.45) is 0 Å². The number of carbonyl (C=O) groups excluding carboxylic acids is 3. The summed E-state index contributed by atoms with van der Waals surface area (Å²) in [4.78, 5) is 98.2. The van der Waals surface area contributed by atoms with Crippen molar-refractivity contribution in [1.29, 1.82) is 0 Å². The van der Waals surface area contributed by atoms with Gasteiger partial charge in [0.15, 0.2) is 11.6 Å². The zero-order chi connectivity index (χ0) is 39.1. The third-order valence-corrected chi connectivity index (χ3v) is 8.52. The Labute approximate surface area is 330 Å². The third kappa shape index (κ3) is 9.82. The van der Waals surface area contributed by atoms with Gasteiger partial charge in [0.1, 0.15) is 13.1 Å². The molecule has 0 aliphatic carbocycles. The summed E-state index contributed by atoms with van der Waals surface area (Å²) in [5.41, 5.74) is 0.201. The van der Waals surface area contributed by atoms with Crippen LogP contribution in [0.2, 0.25) is 0 Å². The average molecular weight is 757 g/mol. The number of rotatable bonds is 11. The summed E-state index contributed by atoms with van der Waals surface area (Å²) in [5, 5.41) is 9.61. The van der Waals surface area contributed by atoms with E-state index < -0.39 is 41.0 Å². The minimum Gasteiger partial charge on any atom is -0.870 e. The molecule has 284 valence electrons. The van der Waals surface area contributed by atoms with Crippen LogP contribution in [0.1, 0.15) is 52.6 Å². The second-order valence-electron chi connectivity index (χ2n) is 12.3. The number of carboxylic acids is 1. The first kappa shape index (κ1) is 44.0. The Kier molecular flexibility index (Phi) is 15.1. The molecule has 0 fully saturated rings. The summed E-state index contributed by atoms with van der Waals surface area (Å²) in [6.07, 6.45) is 0. The minimum atomic E-state index is -1.22. The molecule has 0 saturated carbocycles. The van der Waals surface area contributed by atoms with Crippen LogP contribution in [-0.4, -0.2) is 59.0 Å². The number of esters is 1. The Morgan fingerprint density at radius 1 is 0.589 bits per heavy atom. The number of ether oxygens (including phenoxy) is 1. The van der Waals surface area contributed by atoms with E-state index in [9.17, 15) is 38.4 Å². The van der Waals surface area contributed by atoms with E-state index in [-0.39, 0.29) is 84.0 Å². The predicted molar refractivity (Wildman–Crippen MR) is 202 cm³/mol. The van der Waals surface area contributed by atoms with Gasteiger partial charge in [-0.2, -0.15) is 0 Å². The van der Waals surface area contributed by atoms with Gasteiger partial charge in [-0.25, -0.2) is 9.59 Å². The van der Waals surface area contributed by atoms with Gasteiger partial charge in [0.05, 0.1) is 41.5 Å². The van der Waals surface area contributed by atoms with E-state index in [1.54, 1.807) is 31.2 Å². The summed E-state index contributed by atoms with van der Waals surface area (Å²) in [6.45, 7) is 3.75. The molecule has 6 aromatic rings. The van der Waals surface area contributed by atoms with Crippen LogP contribution in [0.15, 0.2) is 116 Å². The second-order valence-corrected chi connectivity index (χ2v) is 12.3. The molecular weight excluding hydrogens is 719 g/mol. The van der Waals surface area contributed by atoms with Gasteiger partial charge < -0.3 is 15.3 Å². The topological polar surface area (TPSA) is 216 Å². The molecule has 0 radical (unpaired) electrons. The van der Waals surface area contributed by atoms with Crippen LogP contribution in [0.3, 0.4) is 0 Å². The normalized spacial score (nSPS) is 10.4. The van der Waals surface area contributed by atoms with Gasteiger partial charge in [0.25, 0.3) is 11.1 Å². The largest absolute Gasteiger partial charge is 1.00 e. The predicted octanol–water partition coefficient (Wildman–Crippen LogP) is 0.303. The molecule has 0 atom stereocenters. The Bertz CT molecular complexity index is 2660. The van der Waals surface area contributed by atoms with Crippen LogP contribution in [0.5, 0.6) is 0 Å². The van der Waals surface area contributed by atoms with E-state index in [1.165, 1.54) is 54.8 Å². The van der Waals surface area contributed by atoms with E-state index in [0.29, 0.717) is 11.1 Å². The number of nitrogens with zero attached hydrogens (tertiary/aromatic N) is 4. The summed E-state index contributed by atoms with van der Waals surface area (Å²) in [6, 6.07) is 26.9. The molecule has 0 aliphatic rings. The first-order valence-corrected chi connectivity index (χ1v) is 16.8. The molecule has 6 rings (SSSR count). The molecule has 2 aromatic heterocycles. The van der Waals surface area contributed by atoms with Crippen molar-refractivity contribution in [1.82, 2.24) is 18.3 Å². The molecule has 0 saturated heterocycles. The van der Waals surface area contributed by atoms with E-state index in [4.69, 9.17) is 9.84 Å². The monoisotopic (exact) mass is 756 g/mol. The number of ketones is 2. The van der Waals surface area contributed by atoms with Crippen molar-refractivity contribution in [3.63, 3.8) is 0 Å². The number of Topliss-reactive ketones (excluding diaryl/α,β-unsaturated/α-hetero) is 2. The summed E-state index contributed by atoms with van der Waals surface area (Å²) >= 11 is 0. The fraction of sp³-hybridized carbons (Fsp3) is 0.200. The van der Waals surface area contributed by atoms with Crippen LogP contribution >= 0.6 is 0 Å². The number of hydrogen-bond acceptors (Lipinski definition) is 10. The minimum absolute atomic E-state index is 0. The van der Waals surface area contributed by atoms with Gasteiger partial charge in [-0.3, -0.25) is 47.0 Å². The first-order chi connectivity index (χ1) is 25.8. The zero-order valence-corrected chi connectivity index (χ0v) is 31.1. The number of benzene rings is 4. The maximum Gasteiger partial charge on any atom is 1.00 e. The molecule has 16 heteroatoms. The van der Waals surface area contributed by atoms with Crippen LogP contribution in [-0.2, 0) is 40.5 Å². The van der Waals surface area contributed by atoms with Gasteiger partial charge in [0.2, 0.25) is 0 Å². The molecule has 2 N–H and O–H groups in total. The van der Waals surface area contributed by atoms with Crippen molar-refractivity contribution in [3.8, 4) is 0 Å². The Balaban J connectivity index is 0.000000291. The van der Waals surface area contributed by atoms with Gasteiger partial charge in [-0.1, -0.05) is 72.8 Å². The van der Waals surface area contributed by atoms with Gasteiger partial charge >= 0.3 is 42.2 Å². The van der Waals surface area contributed by atoms with Gasteiger partial charge in [-0.15, -0.1) is 0 Å². The zero-order valence-electron chi connectivity index (χ0n) is 31.1. The van der Waals surface area contributed by atoms with E-state index >= 15 is 0 Å². The van der Waals surface area contributed by atoms with E-state index in [2.05, 4.69) is 0 Å². The van der Waals surface area contributed by atoms with Crippen LogP contribution in [0, 0.1) is 0 Å². The molecule has 15 nitrogen and oxygen atoms in total. The summed E-state index contributed by atoms with van der Waals surface area (Å²) < 4.78 is 9.25. The number of hydrogen-bond donors (Lipinski definition) is 1. The van der Waals surface area contributed by atoms with E-state index in [0.717, 1.165) is 24.8 Å². The number of fused-ring (bicyclic) bond motifs is 2. The molecule has 0 bridgehead atoms. The van der Waals surface area contributed by atoms with Crippen LogP contribution in [0.4, 0.5) is 0 Å². The molecule has 0 spiro atoms. The fourth-order valence-corrected chi connectivity index (χ4v) is 5.86. The van der Waals surface area contributed by atoms with Crippen LogP contribution in [0.25, 0.3) is 21.8 Å². The van der Waals surface area contributed by atoms with Crippen molar-refractivity contribution in [2.45, 2.75) is 47.0 Å². The maximum atomic E-state index is 13.1. The quantitative estimate of drug-likeness (QED) is 0.108. The summed E-state index contributed by atoms with van der Waals surface area (Å²) in [5.74, 6) is -2.25. The molecule has 2 heterocycles. The Morgan fingerprint density at radius 3 is 1.34 bits per heavy atom. The van der Waals surface area contributed by atoms with Crippen molar-refractivity contribution >= 4 is 45.3 Å². The summed E-state index contributed by atoms with van der Waals surface area (Å²) in [7, 11) is 0. The van der Waals surface area contributed by atoms with Crippen molar-refractivity contribution < 1.29 is 53.4 Å². The molecular formula is C40H37LiN4O11. The fourth-order valence-electron chi connectivity index (χ4n) is 5.86. The molecule has 56 heavy (non-hydrogen) atoms. The molecule has 4 aromatic carbocycles. The average Bonchev–Trinajstić information content (AvgIpc) is 3.16. The number of carbonyl (C=O) groups is 4. The number of carboxylic acid groups (broad SMARTS) is 1. The van der Waals surface area contributed by atoms with Crippen molar-refractivity contribution in [2.75, 3.05) is 6.61 Å². The van der Waals surface area contributed by atoms with Gasteiger partial charge in [-0.05, 0) is 56.2 Å². The number of aromatic nitrogens is 4. The number of aliphatic carboxylic acids is 1. The van der Waals surface area contributed by atoms with Crippen LogP contribution < -0.4 is 41.4 Å². The van der Waals surface area contributed by atoms with Gasteiger partial charge in [0, 0.05) is 11.1 Å². The van der Waals surface area contributed by atoms with Crippen molar-refractivity contribution in [3.05, 3.63) is 161 Å². The second kappa shape index (κ2) is 19.3. The SMILES string of the molecule is CC(=O)c1ccc2c(=O)n(Cc3ccccc3)c(=O)n(CC(=O)O)c2c1.CCOC(=O)Cn1c(=O)n(Cc2ccccc2)c(=O)c2ccc(C(C)=O)cc21.[Li+].[OH-]. The smallest absolute Gasteiger partial charge is 0.870 e. The third-order valence-electron chi connectivity index (χ3n) is 8.52. The maximum absolute atomic E-state index is 13.1. The molecule has 0 aliphatic heterocycles. The first-order valence-electron chi connectivity index (χ1n) is 16.8. The Morgan fingerprint density at radius 2 is 0.982 bits per heavy atom. The Hall–Kier alpha value is -6.40. The standard InChI is InChI=1S/C21H20N2O5.C19H16N2O5.Li.H2O/c1-3-28-19(25)13-22-18-11-16(14(2)24)9-10-17(18)20(26)23(21(22)27)12-15-7-5-4-6-8-15;1-12(22)14-7-8-15-16(9-14)20(11-17(23)24)19(26)21(18(15)25)10-13-5-3-2-4-6-13;;/h4-11H,3,12-13H2,1-2H3;2-9H,10-11H2,1H3,(H,23,24);;1H2/q;;+1;/p-1. The molecule has 0 amide bonds. The van der Waals surface area contributed by atoms with E-state index in [1.807, 2.05) is 36.4 Å².